The van der Waals surface area contributed by atoms with Crippen LogP contribution in [0.2, 0.25) is 0 Å². The van der Waals surface area contributed by atoms with Gasteiger partial charge >= 0.3 is 6.09 Å². The number of furan rings is 1. The van der Waals surface area contributed by atoms with Gasteiger partial charge in [0.15, 0.2) is 5.75 Å². The van der Waals surface area contributed by atoms with Gasteiger partial charge in [-0.3, -0.25) is 0 Å². The van der Waals surface area contributed by atoms with Crippen molar-refractivity contribution < 1.29 is 27.5 Å². The smallest absolute Gasteiger partial charge is 0.413 e. The molecule has 0 bridgehead atoms. The molecule has 1 heterocycles. The van der Waals surface area contributed by atoms with Gasteiger partial charge in [0, 0.05) is 24.8 Å². The highest BCUT2D eigenvalue weighted by molar-refractivity contribution is 7.89. The van der Waals surface area contributed by atoms with Gasteiger partial charge in [0.1, 0.15) is 6.26 Å². The Morgan fingerprint density at radius 3 is 2.37 bits per heavy atom. The van der Waals surface area contributed by atoms with Crippen molar-refractivity contribution in [2.75, 3.05) is 18.8 Å². The van der Waals surface area contributed by atoms with Gasteiger partial charge < -0.3 is 25.3 Å². The van der Waals surface area contributed by atoms with Crippen LogP contribution in [0.3, 0.4) is 0 Å². The van der Waals surface area contributed by atoms with E-state index in [1.807, 2.05) is 44.2 Å². The Morgan fingerprint density at radius 2 is 1.77 bits per heavy atom. The van der Waals surface area contributed by atoms with Crippen molar-refractivity contribution in [1.82, 2.24) is 9.62 Å². The molecule has 1 aromatic heterocycles. The molecule has 1 amide bonds. The standard InChI is InChI=1S/C25H31N3O6S/c1-18(2)15-28(35(31,32)22-10-8-20(26)9-11-22)16-24(29)23(14-19-6-4-3-5-7-19)27-25(30)34-21-12-13-33-17-21/h3-13,17-18,23-24,29H,14-16,26H2,1-2H3,(H,27,30)/t23-,24+/m0/s1. The lowest BCUT2D eigenvalue weighted by atomic mass is 10.0. The second-order valence-electron chi connectivity index (χ2n) is 8.64. The molecule has 0 spiro atoms. The number of nitrogens with one attached hydrogen (secondary N) is 1. The first kappa shape index (κ1) is 26.3. The zero-order valence-corrected chi connectivity index (χ0v) is 20.5. The van der Waals surface area contributed by atoms with Crippen molar-refractivity contribution in [2.45, 2.75) is 37.3 Å². The van der Waals surface area contributed by atoms with Gasteiger partial charge in [0.25, 0.3) is 0 Å². The lowest BCUT2D eigenvalue weighted by Gasteiger charge is -2.30. The Balaban J connectivity index is 1.82. The predicted molar refractivity (Wildman–Crippen MR) is 132 cm³/mol. The molecule has 2 aromatic carbocycles. The first-order valence-electron chi connectivity index (χ1n) is 11.2. The minimum atomic E-state index is -3.92. The zero-order valence-electron chi connectivity index (χ0n) is 19.7. The van der Waals surface area contributed by atoms with E-state index in [0.29, 0.717) is 5.69 Å². The number of nitrogen functional groups attached to an aromatic ring is 1. The molecule has 0 unspecified atom stereocenters. The van der Waals surface area contributed by atoms with E-state index in [9.17, 15) is 18.3 Å². The number of nitrogens with two attached hydrogens (primary N) is 1. The highest BCUT2D eigenvalue weighted by Crippen LogP contribution is 2.20. The number of hydrogen-bond acceptors (Lipinski definition) is 7. The Kier molecular flexibility index (Phi) is 8.91. The number of benzene rings is 2. The summed E-state index contributed by atoms with van der Waals surface area (Å²) in [5.41, 5.74) is 7.01. The van der Waals surface area contributed by atoms with Crippen LogP contribution < -0.4 is 15.8 Å². The summed E-state index contributed by atoms with van der Waals surface area (Å²) in [5.74, 6) is 0.208. The van der Waals surface area contributed by atoms with Crippen LogP contribution in [-0.2, 0) is 16.4 Å². The molecule has 3 rings (SSSR count). The van der Waals surface area contributed by atoms with E-state index >= 15 is 0 Å². The molecule has 0 saturated carbocycles. The maximum atomic E-state index is 13.4. The van der Waals surface area contributed by atoms with Crippen molar-refractivity contribution in [1.29, 1.82) is 0 Å². The SMILES string of the molecule is CC(C)CN(C[C@@H](O)[C@H](Cc1ccccc1)NC(=O)Oc1ccoc1)S(=O)(=O)c1ccc(N)cc1. The van der Waals surface area contributed by atoms with Crippen molar-refractivity contribution in [2.24, 2.45) is 5.92 Å². The number of carbonyl (C=O) groups excluding carboxylic acids is 1. The van der Waals surface area contributed by atoms with Gasteiger partial charge in [-0.15, -0.1) is 0 Å². The summed E-state index contributed by atoms with van der Waals surface area (Å²) in [6.07, 6.45) is 0.883. The summed E-state index contributed by atoms with van der Waals surface area (Å²) in [4.78, 5) is 12.6. The van der Waals surface area contributed by atoms with Gasteiger partial charge in [0.2, 0.25) is 10.0 Å². The Labute approximate surface area is 205 Å². The van der Waals surface area contributed by atoms with E-state index < -0.39 is 28.3 Å². The number of aliphatic hydroxyl groups is 1. The molecule has 0 aliphatic heterocycles. The molecule has 3 aromatic rings. The van der Waals surface area contributed by atoms with Crippen molar-refractivity contribution in [3.63, 3.8) is 0 Å². The number of anilines is 1. The van der Waals surface area contributed by atoms with Gasteiger partial charge in [-0.25, -0.2) is 13.2 Å². The Morgan fingerprint density at radius 1 is 1.09 bits per heavy atom. The first-order valence-corrected chi connectivity index (χ1v) is 12.7. The Bertz CT molecular complexity index is 1170. The minimum absolute atomic E-state index is 0.00246. The van der Waals surface area contributed by atoms with E-state index in [0.717, 1.165) is 5.56 Å². The number of aliphatic hydroxyl groups excluding tert-OH is 1. The fourth-order valence-corrected chi connectivity index (χ4v) is 5.17. The number of nitrogens with zero attached hydrogens (tertiary/aromatic N) is 1. The fraction of sp³-hybridized carbons (Fsp3) is 0.320. The van der Waals surface area contributed by atoms with Crippen LogP contribution >= 0.6 is 0 Å². The molecule has 188 valence electrons. The molecular weight excluding hydrogens is 470 g/mol. The molecule has 35 heavy (non-hydrogen) atoms. The quantitative estimate of drug-likeness (QED) is 0.343. The normalized spacial score (nSPS) is 13.5. The summed E-state index contributed by atoms with van der Waals surface area (Å²) in [5, 5.41) is 13.8. The van der Waals surface area contributed by atoms with Gasteiger partial charge in [-0.05, 0) is 42.2 Å². The van der Waals surface area contributed by atoms with E-state index in [2.05, 4.69) is 5.32 Å². The van der Waals surface area contributed by atoms with Gasteiger partial charge in [-0.1, -0.05) is 44.2 Å². The monoisotopic (exact) mass is 501 g/mol. The second kappa shape index (κ2) is 11.9. The van der Waals surface area contributed by atoms with Gasteiger partial charge in [0.05, 0.1) is 23.3 Å². The topological polar surface area (TPSA) is 135 Å². The number of carbonyl (C=O) groups is 1. The molecule has 4 N–H and O–H groups in total. The Hall–Kier alpha value is -3.34. The zero-order chi connectivity index (χ0) is 25.4. The largest absolute Gasteiger partial charge is 0.469 e. The van der Waals surface area contributed by atoms with Crippen LogP contribution in [0, 0.1) is 5.92 Å². The van der Waals surface area contributed by atoms with Crippen molar-refractivity contribution >= 4 is 21.8 Å². The highest BCUT2D eigenvalue weighted by atomic mass is 32.2. The first-order chi connectivity index (χ1) is 16.6. The van der Waals surface area contributed by atoms with E-state index in [-0.39, 0.29) is 36.1 Å². The maximum absolute atomic E-state index is 13.4. The summed E-state index contributed by atoms with van der Waals surface area (Å²) in [6.45, 7) is 3.73. The van der Waals surface area contributed by atoms with Crippen LogP contribution in [0.5, 0.6) is 5.75 Å². The minimum Gasteiger partial charge on any atom is -0.469 e. The number of amides is 1. The van der Waals surface area contributed by atoms with Gasteiger partial charge in [-0.2, -0.15) is 4.31 Å². The number of ether oxygens (including phenoxy) is 1. The second-order valence-corrected chi connectivity index (χ2v) is 10.6. The average Bonchev–Trinajstić information content (AvgIpc) is 3.31. The maximum Gasteiger partial charge on any atom is 0.413 e. The molecule has 0 aliphatic carbocycles. The van der Waals surface area contributed by atoms with Crippen molar-refractivity contribution in [3.8, 4) is 5.75 Å². The fourth-order valence-electron chi connectivity index (χ4n) is 3.55. The third kappa shape index (κ3) is 7.57. The third-order valence-electron chi connectivity index (χ3n) is 5.25. The van der Waals surface area contributed by atoms with Crippen LogP contribution in [0.15, 0.2) is 82.5 Å². The molecule has 2 atom stereocenters. The summed E-state index contributed by atoms with van der Waals surface area (Å²) >= 11 is 0. The van der Waals surface area contributed by atoms with E-state index in [1.165, 1.54) is 47.2 Å². The number of rotatable bonds is 11. The molecule has 0 fully saturated rings. The van der Waals surface area contributed by atoms with Crippen LogP contribution in [0.4, 0.5) is 10.5 Å². The lowest BCUT2D eigenvalue weighted by molar-refractivity contribution is 0.0991. The molecule has 0 saturated heterocycles. The number of sulfonamides is 1. The third-order valence-corrected chi connectivity index (χ3v) is 7.09. The lowest BCUT2D eigenvalue weighted by Crippen LogP contribution is -2.51. The molecule has 0 aliphatic rings. The van der Waals surface area contributed by atoms with Crippen molar-refractivity contribution in [3.05, 3.63) is 78.8 Å². The average molecular weight is 502 g/mol. The van der Waals surface area contributed by atoms with Crippen LogP contribution in [0.25, 0.3) is 0 Å². The molecular formula is C25H31N3O6S. The number of hydrogen-bond donors (Lipinski definition) is 3. The van der Waals surface area contributed by atoms with E-state index in [4.69, 9.17) is 14.9 Å². The molecule has 9 nitrogen and oxygen atoms in total. The molecule has 10 heteroatoms. The summed E-state index contributed by atoms with van der Waals surface area (Å²) < 4.78 is 38.1. The van der Waals surface area contributed by atoms with Crippen LogP contribution in [-0.4, -0.2) is 49.2 Å². The van der Waals surface area contributed by atoms with E-state index in [1.54, 1.807) is 0 Å². The summed E-state index contributed by atoms with van der Waals surface area (Å²) in [6, 6.07) is 15.8. The highest BCUT2D eigenvalue weighted by Gasteiger charge is 2.31. The predicted octanol–water partition coefficient (Wildman–Crippen LogP) is 3.27. The molecule has 0 radical (unpaired) electrons. The summed E-state index contributed by atoms with van der Waals surface area (Å²) in [7, 11) is -3.92. The van der Waals surface area contributed by atoms with Crippen LogP contribution in [0.1, 0.15) is 19.4 Å².